The Bertz CT molecular complexity index is 320. The number of likely N-dealkylation sites (tertiary alicyclic amines) is 2. The van der Waals surface area contributed by atoms with Crippen LogP contribution in [0.3, 0.4) is 0 Å². The van der Waals surface area contributed by atoms with Crippen LogP contribution in [0.2, 0.25) is 0 Å². The smallest absolute Gasteiger partial charge is 0.223 e. The number of hydrogen-bond acceptors (Lipinski definition) is 3. The van der Waals surface area contributed by atoms with Crippen LogP contribution in [-0.4, -0.2) is 61.0 Å². The van der Waals surface area contributed by atoms with E-state index in [4.69, 9.17) is 0 Å². The standard InChI is InChI=1S/C18H35N3O/c1-3-16(2)21-14-8-17(9-15-21)18(22)19-10-7-13-20-11-5-4-6-12-20/h16-17H,3-15H2,1-2H3,(H,19,22). The second-order valence-electron chi connectivity index (χ2n) is 7.11. The number of amides is 1. The number of rotatable bonds is 7. The molecule has 1 N–H and O–H groups in total. The van der Waals surface area contributed by atoms with Gasteiger partial charge in [-0.05, 0) is 78.2 Å². The maximum atomic E-state index is 12.3. The van der Waals surface area contributed by atoms with Gasteiger partial charge in [-0.25, -0.2) is 0 Å². The van der Waals surface area contributed by atoms with Crippen molar-refractivity contribution in [1.29, 1.82) is 0 Å². The molecule has 2 rings (SSSR count). The Morgan fingerprint density at radius 1 is 1.14 bits per heavy atom. The summed E-state index contributed by atoms with van der Waals surface area (Å²) in [6, 6.07) is 0.661. The highest BCUT2D eigenvalue weighted by Crippen LogP contribution is 2.20. The molecule has 22 heavy (non-hydrogen) atoms. The number of hydrogen-bond donors (Lipinski definition) is 1. The molecule has 0 aromatic heterocycles. The van der Waals surface area contributed by atoms with Crippen LogP contribution in [0.1, 0.15) is 58.8 Å². The van der Waals surface area contributed by atoms with Crippen LogP contribution in [0.15, 0.2) is 0 Å². The van der Waals surface area contributed by atoms with Crippen LogP contribution >= 0.6 is 0 Å². The SMILES string of the molecule is CCC(C)N1CCC(C(=O)NCCCN2CCCCC2)CC1. The lowest BCUT2D eigenvalue weighted by Crippen LogP contribution is -2.44. The Balaban J connectivity index is 1.56. The largest absolute Gasteiger partial charge is 0.356 e. The molecule has 2 heterocycles. The maximum absolute atomic E-state index is 12.3. The Labute approximate surface area is 136 Å². The zero-order valence-corrected chi connectivity index (χ0v) is 14.6. The van der Waals surface area contributed by atoms with E-state index in [2.05, 4.69) is 29.0 Å². The van der Waals surface area contributed by atoms with E-state index in [0.717, 1.165) is 45.4 Å². The number of nitrogens with one attached hydrogen (secondary N) is 1. The van der Waals surface area contributed by atoms with Gasteiger partial charge in [0.25, 0.3) is 0 Å². The molecule has 0 saturated carbocycles. The fraction of sp³-hybridized carbons (Fsp3) is 0.944. The van der Waals surface area contributed by atoms with Crippen molar-refractivity contribution in [2.45, 2.75) is 64.8 Å². The minimum Gasteiger partial charge on any atom is -0.356 e. The zero-order chi connectivity index (χ0) is 15.8. The molecule has 0 aromatic rings. The highest BCUT2D eigenvalue weighted by Gasteiger charge is 2.26. The Kier molecular flexibility index (Phi) is 7.67. The molecule has 2 aliphatic heterocycles. The van der Waals surface area contributed by atoms with Gasteiger partial charge in [0.15, 0.2) is 0 Å². The molecule has 2 saturated heterocycles. The van der Waals surface area contributed by atoms with Crippen LogP contribution in [0.4, 0.5) is 0 Å². The van der Waals surface area contributed by atoms with Crippen molar-refractivity contribution >= 4 is 5.91 Å². The first-order valence-electron chi connectivity index (χ1n) is 9.44. The number of carbonyl (C=O) groups is 1. The number of carbonyl (C=O) groups excluding carboxylic acids is 1. The normalized spacial score (nSPS) is 23.4. The highest BCUT2D eigenvalue weighted by atomic mass is 16.1. The van der Waals surface area contributed by atoms with Gasteiger partial charge in [0.05, 0.1) is 0 Å². The summed E-state index contributed by atoms with van der Waals surface area (Å²) in [4.78, 5) is 17.3. The molecule has 0 aliphatic carbocycles. The maximum Gasteiger partial charge on any atom is 0.223 e. The molecule has 0 bridgehead atoms. The molecule has 0 spiro atoms. The van der Waals surface area contributed by atoms with E-state index >= 15 is 0 Å². The highest BCUT2D eigenvalue weighted by molar-refractivity contribution is 5.78. The zero-order valence-electron chi connectivity index (χ0n) is 14.6. The van der Waals surface area contributed by atoms with E-state index in [1.54, 1.807) is 0 Å². The molecule has 0 radical (unpaired) electrons. The summed E-state index contributed by atoms with van der Waals surface area (Å²) in [7, 11) is 0. The first-order valence-corrected chi connectivity index (χ1v) is 9.44. The van der Waals surface area contributed by atoms with Gasteiger partial charge in [0.2, 0.25) is 5.91 Å². The average molecular weight is 309 g/mol. The molecule has 1 amide bonds. The third kappa shape index (κ3) is 5.54. The van der Waals surface area contributed by atoms with Crippen LogP contribution in [0.25, 0.3) is 0 Å². The van der Waals surface area contributed by atoms with Crippen LogP contribution in [0, 0.1) is 5.92 Å². The van der Waals surface area contributed by atoms with E-state index < -0.39 is 0 Å². The third-order valence-corrected chi connectivity index (χ3v) is 5.51. The molecule has 4 nitrogen and oxygen atoms in total. The molecule has 4 heteroatoms. The monoisotopic (exact) mass is 309 g/mol. The number of piperidine rings is 2. The summed E-state index contributed by atoms with van der Waals surface area (Å²) in [5, 5.41) is 3.17. The second kappa shape index (κ2) is 9.51. The van der Waals surface area contributed by atoms with Gasteiger partial charge in [0.1, 0.15) is 0 Å². The van der Waals surface area contributed by atoms with Gasteiger partial charge in [-0.15, -0.1) is 0 Å². The van der Waals surface area contributed by atoms with Crippen molar-refractivity contribution in [2.24, 2.45) is 5.92 Å². The van der Waals surface area contributed by atoms with Crippen LogP contribution in [-0.2, 0) is 4.79 Å². The summed E-state index contributed by atoms with van der Waals surface area (Å²) < 4.78 is 0. The Morgan fingerprint density at radius 2 is 1.82 bits per heavy atom. The molecule has 2 aliphatic rings. The second-order valence-corrected chi connectivity index (χ2v) is 7.11. The van der Waals surface area contributed by atoms with Crippen molar-refractivity contribution in [3.05, 3.63) is 0 Å². The lowest BCUT2D eigenvalue weighted by atomic mass is 9.94. The van der Waals surface area contributed by atoms with Gasteiger partial charge in [-0.3, -0.25) is 4.79 Å². The first-order chi connectivity index (χ1) is 10.7. The van der Waals surface area contributed by atoms with Crippen molar-refractivity contribution < 1.29 is 4.79 Å². The van der Waals surface area contributed by atoms with Crippen molar-refractivity contribution in [2.75, 3.05) is 39.3 Å². The minimum absolute atomic E-state index is 0.246. The van der Waals surface area contributed by atoms with Crippen LogP contribution < -0.4 is 5.32 Å². The Morgan fingerprint density at radius 3 is 2.45 bits per heavy atom. The van der Waals surface area contributed by atoms with E-state index in [9.17, 15) is 4.79 Å². The average Bonchev–Trinajstić information content (AvgIpc) is 2.59. The van der Waals surface area contributed by atoms with E-state index in [0.29, 0.717) is 11.9 Å². The minimum atomic E-state index is 0.246. The topological polar surface area (TPSA) is 35.6 Å². The van der Waals surface area contributed by atoms with Crippen molar-refractivity contribution in [3.63, 3.8) is 0 Å². The van der Waals surface area contributed by atoms with E-state index in [1.165, 1.54) is 38.8 Å². The van der Waals surface area contributed by atoms with Crippen molar-refractivity contribution in [3.8, 4) is 0 Å². The lowest BCUT2D eigenvalue weighted by Gasteiger charge is -2.35. The van der Waals surface area contributed by atoms with E-state index in [-0.39, 0.29) is 5.92 Å². The Hall–Kier alpha value is -0.610. The third-order valence-electron chi connectivity index (χ3n) is 5.51. The lowest BCUT2D eigenvalue weighted by molar-refractivity contribution is -0.126. The van der Waals surface area contributed by atoms with Gasteiger partial charge >= 0.3 is 0 Å². The first kappa shape index (κ1) is 17.7. The van der Waals surface area contributed by atoms with Gasteiger partial charge < -0.3 is 15.1 Å². The summed E-state index contributed by atoms with van der Waals surface area (Å²) in [5.41, 5.74) is 0. The predicted octanol–water partition coefficient (Wildman–Crippen LogP) is 2.49. The molecule has 2 fully saturated rings. The van der Waals surface area contributed by atoms with Gasteiger partial charge in [0, 0.05) is 18.5 Å². The fourth-order valence-corrected chi connectivity index (χ4v) is 3.70. The van der Waals surface area contributed by atoms with Crippen LogP contribution in [0.5, 0.6) is 0 Å². The summed E-state index contributed by atoms with van der Waals surface area (Å²) >= 11 is 0. The van der Waals surface area contributed by atoms with Gasteiger partial charge in [-0.2, -0.15) is 0 Å². The molecular formula is C18H35N3O. The molecule has 0 aromatic carbocycles. The van der Waals surface area contributed by atoms with Crippen molar-refractivity contribution in [1.82, 2.24) is 15.1 Å². The quantitative estimate of drug-likeness (QED) is 0.734. The molecule has 1 atom stereocenters. The van der Waals surface area contributed by atoms with E-state index in [1.807, 2.05) is 0 Å². The fourth-order valence-electron chi connectivity index (χ4n) is 3.70. The summed E-state index contributed by atoms with van der Waals surface area (Å²) in [5.74, 6) is 0.540. The summed E-state index contributed by atoms with van der Waals surface area (Å²) in [6.45, 7) is 11.2. The van der Waals surface area contributed by atoms with Gasteiger partial charge in [-0.1, -0.05) is 13.3 Å². The predicted molar refractivity (Wildman–Crippen MR) is 92.0 cm³/mol. The molecular weight excluding hydrogens is 274 g/mol. The number of nitrogens with zero attached hydrogens (tertiary/aromatic N) is 2. The summed E-state index contributed by atoms with van der Waals surface area (Å²) in [6.07, 6.45) is 8.44. The molecule has 1 unspecified atom stereocenters. The molecule has 128 valence electrons.